The van der Waals surface area contributed by atoms with Gasteiger partial charge in [-0.1, -0.05) is 77.8 Å². The second-order valence-corrected chi connectivity index (χ2v) is 21.9. The van der Waals surface area contributed by atoms with Crippen LogP contribution in [-0.2, 0) is 33.6 Å². The van der Waals surface area contributed by atoms with E-state index in [0.29, 0.717) is 18.3 Å². The molecule has 6 amide bonds. The Bertz CT molecular complexity index is 2070. The molecule has 3 aliphatic rings. The largest absolute Gasteiger partial charge is 0.508 e. The van der Waals surface area contributed by atoms with Gasteiger partial charge in [0.25, 0.3) is 0 Å². The summed E-state index contributed by atoms with van der Waals surface area (Å²) in [5.74, 6) is -7.17. The van der Waals surface area contributed by atoms with Crippen LogP contribution in [0.5, 0.6) is 5.75 Å². The summed E-state index contributed by atoms with van der Waals surface area (Å²) in [6, 6.07) is -5.74. The van der Waals surface area contributed by atoms with Gasteiger partial charge in [0.05, 0.1) is 36.6 Å². The minimum Gasteiger partial charge on any atom is -0.508 e. The number of aliphatic hydroxyl groups excluding tert-OH is 7. The van der Waals surface area contributed by atoms with Gasteiger partial charge >= 0.3 is 0 Å². The molecular formula is C54H90N8O15. The van der Waals surface area contributed by atoms with Crippen molar-refractivity contribution >= 4 is 41.2 Å². The molecule has 23 heteroatoms. The van der Waals surface area contributed by atoms with Gasteiger partial charge in [-0.3, -0.25) is 33.6 Å². The fraction of sp³-hybridized carbons (Fsp3) is 0.759. The highest BCUT2D eigenvalue weighted by atomic mass is 16.3. The van der Waals surface area contributed by atoms with Crippen molar-refractivity contribution in [3.05, 3.63) is 29.8 Å². The summed E-state index contributed by atoms with van der Waals surface area (Å²) >= 11 is 0. The number of phenols is 1. The molecule has 16 N–H and O–H groups in total. The average Bonchev–Trinajstić information content (AvgIpc) is 3.99. The molecular weight excluding hydrogens is 1000 g/mol. The first-order valence-electron chi connectivity index (χ1n) is 27.8. The van der Waals surface area contributed by atoms with Crippen LogP contribution < -0.4 is 32.7 Å². The number of aliphatic hydroxyl groups is 7. The number of nitrogens with zero attached hydrogens (tertiary/aromatic N) is 2. The SMILES string of the molecule is CCC(C)CC(C)CCCCCCCCC(=O)C[C@H]1C[C@@H](O)[C@@H](CCCN)NC(=O)[C@@H]2[C@@H](O)CCN2C(=O)[C@H]([C@H](O)CCN)NC(=O)[C@H]([C@H](O)[C@@H](O)c2ccc(O)cc2)NC(=O)[C@@H]2C[C@@H](O)CN2C(=O)[C@H]([C@@H](C)O)NC1=O. The number of rotatable bonds is 24. The molecule has 0 bridgehead atoms. The normalized spacial score (nSPS) is 28.7. The lowest BCUT2D eigenvalue weighted by Gasteiger charge is -2.35. The summed E-state index contributed by atoms with van der Waals surface area (Å²) in [5.41, 5.74) is 11.6. The van der Waals surface area contributed by atoms with Crippen molar-refractivity contribution in [3.63, 3.8) is 0 Å². The Kier molecular flexibility index (Phi) is 26.6. The zero-order chi connectivity index (χ0) is 57.1. The molecule has 3 heterocycles. The van der Waals surface area contributed by atoms with Crippen molar-refractivity contribution in [2.24, 2.45) is 29.2 Å². The minimum atomic E-state index is -2.26. The zero-order valence-electron chi connectivity index (χ0n) is 45.4. The van der Waals surface area contributed by atoms with E-state index in [9.17, 15) is 74.4 Å². The van der Waals surface area contributed by atoms with E-state index in [1.165, 1.54) is 37.6 Å². The fourth-order valence-corrected chi connectivity index (χ4v) is 10.7. The van der Waals surface area contributed by atoms with Crippen LogP contribution in [0.1, 0.15) is 149 Å². The number of aromatic hydroxyl groups is 1. The highest BCUT2D eigenvalue weighted by Gasteiger charge is 2.49. The number of amides is 6. The third kappa shape index (κ3) is 18.9. The smallest absolute Gasteiger partial charge is 0.248 e. The Morgan fingerprint density at radius 2 is 1.31 bits per heavy atom. The van der Waals surface area contributed by atoms with Gasteiger partial charge in [0.2, 0.25) is 35.4 Å². The quantitative estimate of drug-likeness (QED) is 0.0553. The Morgan fingerprint density at radius 3 is 1.95 bits per heavy atom. The number of fused-ring (bicyclic) bond motifs is 2. The Morgan fingerprint density at radius 1 is 0.688 bits per heavy atom. The highest BCUT2D eigenvalue weighted by molar-refractivity contribution is 5.98. The van der Waals surface area contributed by atoms with Gasteiger partial charge in [-0.25, -0.2) is 0 Å². The van der Waals surface area contributed by atoms with Crippen LogP contribution >= 0.6 is 0 Å². The summed E-state index contributed by atoms with van der Waals surface area (Å²) in [4.78, 5) is 102. The summed E-state index contributed by atoms with van der Waals surface area (Å²) in [7, 11) is 0. The molecule has 3 aliphatic heterocycles. The van der Waals surface area contributed by atoms with Crippen LogP contribution in [0.15, 0.2) is 24.3 Å². The number of benzene rings is 1. The number of hydrogen-bond donors (Lipinski definition) is 14. The molecule has 0 radical (unpaired) electrons. The van der Waals surface area contributed by atoms with Crippen LogP contribution in [0.3, 0.4) is 0 Å². The van der Waals surface area contributed by atoms with Gasteiger partial charge in [0.15, 0.2) is 0 Å². The van der Waals surface area contributed by atoms with Crippen molar-refractivity contribution in [3.8, 4) is 5.75 Å². The summed E-state index contributed by atoms with van der Waals surface area (Å²) in [6.07, 6.45) is -4.68. The summed E-state index contributed by atoms with van der Waals surface area (Å²) in [5, 5.41) is 99.5. The first-order chi connectivity index (χ1) is 36.5. The van der Waals surface area contributed by atoms with Gasteiger partial charge in [-0.05, 0) is 94.5 Å². The predicted molar refractivity (Wildman–Crippen MR) is 283 cm³/mol. The molecule has 0 aliphatic carbocycles. The van der Waals surface area contributed by atoms with Gasteiger partial charge in [0.1, 0.15) is 53.9 Å². The maximum Gasteiger partial charge on any atom is 0.248 e. The lowest BCUT2D eigenvalue weighted by atomic mass is 9.88. The van der Waals surface area contributed by atoms with Gasteiger partial charge in [0, 0.05) is 38.3 Å². The number of phenolic OH excluding ortho intramolecular Hbond substituents is 1. The number of nitrogens with one attached hydrogen (secondary N) is 4. The van der Waals surface area contributed by atoms with E-state index in [1.54, 1.807) is 0 Å². The Balaban J connectivity index is 1.73. The van der Waals surface area contributed by atoms with Gasteiger partial charge < -0.3 is 83.4 Å². The van der Waals surface area contributed by atoms with Crippen molar-refractivity contribution < 1.29 is 74.4 Å². The molecule has 77 heavy (non-hydrogen) atoms. The van der Waals surface area contributed by atoms with Crippen LogP contribution in [0.2, 0.25) is 0 Å². The summed E-state index contributed by atoms with van der Waals surface area (Å²) in [6.45, 7) is 7.03. The van der Waals surface area contributed by atoms with Crippen molar-refractivity contribution in [2.75, 3.05) is 26.2 Å². The average molecular weight is 1090 g/mol. The fourth-order valence-electron chi connectivity index (χ4n) is 10.7. The molecule has 3 fully saturated rings. The zero-order valence-corrected chi connectivity index (χ0v) is 45.4. The molecule has 23 nitrogen and oxygen atoms in total. The van der Waals surface area contributed by atoms with Crippen LogP contribution in [0.4, 0.5) is 0 Å². The Labute approximate surface area is 452 Å². The molecule has 3 saturated heterocycles. The lowest BCUT2D eigenvalue weighted by molar-refractivity contribution is -0.148. The number of ketones is 1. The number of Topliss-reactive ketones (excluding diaryl/α,β-unsaturated/α-hetero) is 1. The second-order valence-electron chi connectivity index (χ2n) is 21.9. The van der Waals surface area contributed by atoms with Crippen LogP contribution in [-0.4, -0.2) is 191 Å². The molecule has 0 aromatic heterocycles. The number of unbranched alkanes of at least 4 members (excludes halogenated alkanes) is 5. The number of hydrogen-bond acceptors (Lipinski definition) is 17. The molecule has 2 unspecified atom stereocenters. The topological polar surface area (TPSA) is 388 Å². The molecule has 1 aromatic rings. The van der Waals surface area contributed by atoms with Gasteiger partial charge in [-0.15, -0.1) is 0 Å². The predicted octanol–water partition coefficient (Wildman–Crippen LogP) is -0.988. The molecule has 0 saturated carbocycles. The summed E-state index contributed by atoms with van der Waals surface area (Å²) < 4.78 is 0. The lowest BCUT2D eigenvalue weighted by Crippen LogP contribution is -2.64. The van der Waals surface area contributed by atoms with E-state index in [4.69, 9.17) is 11.5 Å². The minimum absolute atomic E-state index is 0.0152. The molecule has 0 spiro atoms. The van der Waals surface area contributed by atoms with Crippen molar-refractivity contribution in [1.82, 2.24) is 31.1 Å². The third-order valence-electron chi connectivity index (χ3n) is 15.5. The standard InChI is InChI=1S/C54H90N8O15/c1-5-30(2)25-31(3)13-10-8-6-7-9-11-14-36(65)26-34-27-42(69)38(15-12-22-55)57-52(75)46-41(68)21-24-61(46)54(77)44(40(67)20-23-56)59-51(74)45(48(71)47(70)33-16-18-35(64)19-17-33)60-50(73)39-28-37(66)29-62(39)53(76)43(32(4)63)58-49(34)72/h16-19,30-32,34,37-48,63-64,66-71H,5-15,20-29,55-56H2,1-4H3,(H,57,75)(H,58,72)(H,59,74)(H,60,73)/t30?,31?,32-,34+,37-,38-,39+,40-,41+,42-,43+,44+,45+,46+,47+,48+/m1/s1. The molecule has 16 atom stereocenters. The maximum absolute atomic E-state index is 14.6. The first-order valence-corrected chi connectivity index (χ1v) is 27.8. The van der Waals surface area contributed by atoms with E-state index in [-0.39, 0.29) is 68.8 Å². The number of nitrogens with two attached hydrogens (primary N) is 2. The second kappa shape index (κ2) is 31.7. The highest BCUT2D eigenvalue weighted by Crippen LogP contribution is 2.28. The molecule has 436 valence electrons. The van der Waals surface area contributed by atoms with Crippen molar-refractivity contribution in [1.29, 1.82) is 0 Å². The van der Waals surface area contributed by atoms with E-state index < -0.39 is 146 Å². The number of carbonyl (C=O) groups excluding carboxylic acids is 7. The van der Waals surface area contributed by atoms with E-state index in [2.05, 4.69) is 42.0 Å². The number of carbonyl (C=O) groups is 7. The molecule has 1 aromatic carbocycles. The van der Waals surface area contributed by atoms with Gasteiger partial charge in [-0.2, -0.15) is 0 Å². The van der Waals surface area contributed by atoms with Crippen molar-refractivity contribution in [2.45, 2.75) is 216 Å². The maximum atomic E-state index is 14.6. The van der Waals surface area contributed by atoms with Crippen LogP contribution in [0, 0.1) is 17.8 Å². The first kappa shape index (κ1) is 64.7. The Hall–Kier alpha value is -4.85. The monoisotopic (exact) mass is 1090 g/mol. The molecule has 4 rings (SSSR count). The third-order valence-corrected chi connectivity index (χ3v) is 15.5. The van der Waals surface area contributed by atoms with Crippen LogP contribution in [0.25, 0.3) is 0 Å². The van der Waals surface area contributed by atoms with E-state index in [1.807, 2.05) is 0 Å². The van der Waals surface area contributed by atoms with E-state index >= 15 is 0 Å². The van der Waals surface area contributed by atoms with E-state index in [0.717, 1.165) is 54.7 Å².